The van der Waals surface area contributed by atoms with Gasteiger partial charge < -0.3 is 10.2 Å². The summed E-state index contributed by atoms with van der Waals surface area (Å²) < 4.78 is 26.8. The molecule has 3 saturated heterocycles. The summed E-state index contributed by atoms with van der Waals surface area (Å²) in [6, 6.07) is 4.14. The first kappa shape index (κ1) is 17.9. The molecule has 6 heteroatoms. The van der Waals surface area contributed by atoms with E-state index in [4.69, 9.17) is 0 Å². The molecule has 1 N–H and O–H groups in total. The average Bonchev–Trinajstić information content (AvgIpc) is 2.90. The van der Waals surface area contributed by atoms with Gasteiger partial charge in [-0.1, -0.05) is 0 Å². The Kier molecular flexibility index (Phi) is 4.97. The first-order chi connectivity index (χ1) is 12.5. The van der Waals surface area contributed by atoms with Crippen molar-refractivity contribution in [1.82, 2.24) is 15.1 Å². The minimum atomic E-state index is -0.587. The predicted molar refractivity (Wildman–Crippen MR) is 95.5 cm³/mol. The Morgan fingerprint density at radius 1 is 1.15 bits per heavy atom. The Hall–Kier alpha value is -1.53. The maximum atomic E-state index is 13.4. The lowest BCUT2D eigenvalue weighted by atomic mass is 9.77. The third-order valence-corrected chi connectivity index (χ3v) is 6.35. The Balaban J connectivity index is 1.37. The van der Waals surface area contributed by atoms with Crippen LogP contribution in [0.5, 0.6) is 0 Å². The molecular formula is C20H27F2N3O. The molecule has 1 aromatic carbocycles. The number of halogens is 2. The molecule has 3 aliphatic rings. The van der Waals surface area contributed by atoms with Gasteiger partial charge in [-0.2, -0.15) is 0 Å². The zero-order valence-corrected chi connectivity index (χ0v) is 15.1. The molecule has 4 nitrogen and oxygen atoms in total. The summed E-state index contributed by atoms with van der Waals surface area (Å²) in [5.74, 6) is -1.06. The molecule has 0 radical (unpaired) electrons. The highest BCUT2D eigenvalue weighted by molar-refractivity contribution is 5.79. The second-order valence-electron chi connectivity index (χ2n) is 8.24. The third kappa shape index (κ3) is 3.76. The predicted octanol–water partition coefficient (Wildman–Crippen LogP) is 2.53. The monoisotopic (exact) mass is 363 g/mol. The minimum absolute atomic E-state index is 0.0432. The number of rotatable bonds is 3. The normalized spacial score (nSPS) is 26.6. The Bertz CT molecular complexity index is 647. The summed E-state index contributed by atoms with van der Waals surface area (Å²) in [7, 11) is 0. The highest BCUT2D eigenvalue weighted by Gasteiger charge is 2.45. The Morgan fingerprint density at radius 3 is 2.54 bits per heavy atom. The number of benzene rings is 1. The first-order valence-corrected chi connectivity index (χ1v) is 9.71. The van der Waals surface area contributed by atoms with E-state index in [0.29, 0.717) is 31.1 Å². The molecular weight excluding hydrogens is 336 g/mol. The number of piperidine rings is 2. The summed E-state index contributed by atoms with van der Waals surface area (Å²) in [6.45, 7) is 5.29. The number of hydrogen-bond donors (Lipinski definition) is 1. The van der Waals surface area contributed by atoms with Crippen molar-refractivity contribution in [2.45, 2.75) is 44.7 Å². The maximum Gasteiger partial charge on any atom is 0.223 e. The van der Waals surface area contributed by atoms with E-state index in [0.717, 1.165) is 45.1 Å². The average molecular weight is 363 g/mol. The number of carbonyl (C=O) groups is 1. The summed E-state index contributed by atoms with van der Waals surface area (Å²) in [5, 5.41) is 3.48. The van der Waals surface area contributed by atoms with Crippen LogP contribution in [0.3, 0.4) is 0 Å². The highest BCUT2D eigenvalue weighted by atomic mass is 19.1. The van der Waals surface area contributed by atoms with E-state index in [9.17, 15) is 13.6 Å². The molecule has 1 spiro atoms. The second kappa shape index (κ2) is 7.24. The van der Waals surface area contributed by atoms with Crippen molar-refractivity contribution in [3.8, 4) is 0 Å². The molecule has 0 aliphatic carbocycles. The number of nitrogens with one attached hydrogen (secondary N) is 1. The number of nitrogens with zero attached hydrogens (tertiary/aromatic N) is 2. The zero-order valence-electron chi connectivity index (χ0n) is 15.1. The van der Waals surface area contributed by atoms with Crippen molar-refractivity contribution in [3.63, 3.8) is 0 Å². The van der Waals surface area contributed by atoms with Gasteiger partial charge in [0.2, 0.25) is 5.91 Å². The lowest BCUT2D eigenvalue weighted by molar-refractivity contribution is -0.128. The van der Waals surface area contributed by atoms with Crippen molar-refractivity contribution in [1.29, 1.82) is 0 Å². The van der Waals surface area contributed by atoms with Gasteiger partial charge in [-0.05, 0) is 68.4 Å². The number of carbonyl (C=O) groups excluding carboxylic acids is 1. The molecule has 3 aliphatic heterocycles. The minimum Gasteiger partial charge on any atom is -0.338 e. The molecule has 26 heavy (non-hydrogen) atoms. The van der Waals surface area contributed by atoms with Crippen molar-refractivity contribution < 1.29 is 13.6 Å². The van der Waals surface area contributed by atoms with Crippen LogP contribution < -0.4 is 5.32 Å². The van der Waals surface area contributed by atoms with Gasteiger partial charge in [-0.3, -0.25) is 9.69 Å². The molecule has 0 unspecified atom stereocenters. The molecule has 1 amide bonds. The van der Waals surface area contributed by atoms with Crippen LogP contribution in [0.4, 0.5) is 8.78 Å². The van der Waals surface area contributed by atoms with E-state index in [2.05, 4.69) is 10.2 Å². The SMILES string of the molecule is O=C1CC2(CCN([C@H]3CCCNC3)CC2)CN1Cc1cc(F)cc(F)c1. The van der Waals surface area contributed by atoms with Crippen LogP contribution in [-0.4, -0.2) is 54.5 Å². The molecule has 3 heterocycles. The van der Waals surface area contributed by atoms with Crippen LogP contribution in [-0.2, 0) is 11.3 Å². The molecule has 0 saturated carbocycles. The van der Waals surface area contributed by atoms with Crippen molar-refractivity contribution in [2.24, 2.45) is 5.41 Å². The van der Waals surface area contributed by atoms with E-state index < -0.39 is 11.6 Å². The molecule has 4 rings (SSSR count). The van der Waals surface area contributed by atoms with Crippen LogP contribution in [0, 0.1) is 17.0 Å². The fourth-order valence-corrected chi connectivity index (χ4v) is 4.89. The zero-order chi connectivity index (χ0) is 18.1. The Labute approximate surface area is 153 Å². The van der Waals surface area contributed by atoms with Gasteiger partial charge in [0.05, 0.1) is 0 Å². The lowest BCUT2D eigenvalue weighted by Gasteiger charge is -2.43. The molecule has 0 aromatic heterocycles. The van der Waals surface area contributed by atoms with Gasteiger partial charge in [0.1, 0.15) is 11.6 Å². The largest absolute Gasteiger partial charge is 0.338 e. The molecule has 1 atom stereocenters. The smallest absolute Gasteiger partial charge is 0.223 e. The van der Waals surface area contributed by atoms with Crippen LogP contribution in [0.2, 0.25) is 0 Å². The lowest BCUT2D eigenvalue weighted by Crippen LogP contribution is -2.51. The van der Waals surface area contributed by atoms with Crippen LogP contribution in [0.1, 0.15) is 37.7 Å². The fraction of sp³-hybridized carbons (Fsp3) is 0.650. The number of likely N-dealkylation sites (tertiary alicyclic amines) is 2. The Morgan fingerprint density at radius 2 is 1.88 bits per heavy atom. The van der Waals surface area contributed by atoms with Crippen LogP contribution in [0.25, 0.3) is 0 Å². The quantitative estimate of drug-likeness (QED) is 0.896. The summed E-state index contributed by atoms with van der Waals surface area (Å²) in [4.78, 5) is 16.9. The molecule has 0 bridgehead atoms. The summed E-state index contributed by atoms with van der Waals surface area (Å²) >= 11 is 0. The molecule has 142 valence electrons. The fourth-order valence-electron chi connectivity index (χ4n) is 4.89. The molecule has 1 aromatic rings. The van der Waals surface area contributed by atoms with Crippen molar-refractivity contribution in [3.05, 3.63) is 35.4 Å². The van der Waals surface area contributed by atoms with Gasteiger partial charge in [0.15, 0.2) is 0 Å². The standard InChI is InChI=1S/C20H27F2N3O/c21-16-8-15(9-17(22)10-16)13-25-14-20(11-19(25)26)3-6-24(7-4-20)18-2-1-5-23-12-18/h8-10,18,23H,1-7,11-14H2/t18-/m0/s1. The van der Waals surface area contributed by atoms with Gasteiger partial charge in [0.25, 0.3) is 0 Å². The van der Waals surface area contributed by atoms with Gasteiger partial charge in [-0.15, -0.1) is 0 Å². The summed E-state index contributed by atoms with van der Waals surface area (Å²) in [5.41, 5.74) is 0.570. The van der Waals surface area contributed by atoms with Crippen molar-refractivity contribution >= 4 is 5.91 Å². The van der Waals surface area contributed by atoms with E-state index in [1.165, 1.54) is 25.0 Å². The van der Waals surface area contributed by atoms with Gasteiger partial charge >= 0.3 is 0 Å². The van der Waals surface area contributed by atoms with E-state index in [-0.39, 0.29) is 11.3 Å². The van der Waals surface area contributed by atoms with Gasteiger partial charge in [0, 0.05) is 38.2 Å². The third-order valence-electron chi connectivity index (χ3n) is 6.35. The first-order valence-electron chi connectivity index (χ1n) is 9.71. The maximum absolute atomic E-state index is 13.4. The summed E-state index contributed by atoms with van der Waals surface area (Å²) in [6.07, 6.45) is 5.13. The molecule has 3 fully saturated rings. The van der Waals surface area contributed by atoms with E-state index in [1.807, 2.05) is 0 Å². The topological polar surface area (TPSA) is 35.6 Å². The second-order valence-corrected chi connectivity index (χ2v) is 8.24. The van der Waals surface area contributed by atoms with Gasteiger partial charge in [-0.25, -0.2) is 8.78 Å². The number of hydrogen-bond acceptors (Lipinski definition) is 3. The van der Waals surface area contributed by atoms with E-state index in [1.54, 1.807) is 4.90 Å². The van der Waals surface area contributed by atoms with Crippen LogP contribution in [0.15, 0.2) is 18.2 Å². The number of amides is 1. The van der Waals surface area contributed by atoms with Crippen molar-refractivity contribution in [2.75, 3.05) is 32.7 Å². The van der Waals surface area contributed by atoms with Crippen LogP contribution >= 0.6 is 0 Å². The van der Waals surface area contributed by atoms with E-state index >= 15 is 0 Å². The highest BCUT2D eigenvalue weighted by Crippen LogP contribution is 2.42.